The standard InChI is InChI=1S/C24H28NO2.BrH/c1-24(18-10-6-4-7-11-18,19-12-8-5-9-13-19)23(26)27-22-16-20-14-15-21(17-22)25(20,2)3;/h4-15,20-22H,16-17H2,1-3H3;1H/q+1;/p-1/t20-,21+,22?;. The number of carbonyl (C=O) groups is 1. The molecule has 4 heteroatoms. The Kier molecular flexibility index (Phi) is 5.83. The second-order valence-corrected chi connectivity index (χ2v) is 8.50. The van der Waals surface area contributed by atoms with Gasteiger partial charge in [-0.05, 0) is 30.2 Å². The highest BCUT2D eigenvalue weighted by molar-refractivity contribution is 5.87. The maximum Gasteiger partial charge on any atom is 0.321 e. The fourth-order valence-corrected chi connectivity index (χ4v) is 4.59. The zero-order valence-electron chi connectivity index (χ0n) is 16.7. The number of ether oxygens (including phenoxy) is 1. The third-order valence-corrected chi connectivity index (χ3v) is 6.66. The fourth-order valence-electron chi connectivity index (χ4n) is 4.59. The highest BCUT2D eigenvalue weighted by Crippen LogP contribution is 2.38. The van der Waals surface area contributed by atoms with Crippen LogP contribution in [0.25, 0.3) is 0 Å². The molecule has 3 atom stereocenters. The second kappa shape index (κ2) is 7.84. The number of halogens is 1. The summed E-state index contributed by atoms with van der Waals surface area (Å²) < 4.78 is 7.13. The number of likely N-dealkylation sites (N-methyl/N-ethyl adjacent to an activating group) is 1. The van der Waals surface area contributed by atoms with E-state index in [1.165, 1.54) is 0 Å². The van der Waals surface area contributed by atoms with E-state index in [1.807, 2.05) is 67.6 Å². The lowest BCUT2D eigenvalue weighted by atomic mass is 9.76. The summed E-state index contributed by atoms with van der Waals surface area (Å²) in [7, 11) is 4.54. The Labute approximate surface area is 178 Å². The van der Waals surface area contributed by atoms with Gasteiger partial charge in [-0.2, -0.15) is 0 Å². The molecule has 0 radical (unpaired) electrons. The number of benzene rings is 2. The van der Waals surface area contributed by atoms with Crippen molar-refractivity contribution in [2.75, 3.05) is 14.1 Å². The molecule has 2 aliphatic heterocycles. The highest BCUT2D eigenvalue weighted by Gasteiger charge is 2.48. The molecule has 2 heterocycles. The van der Waals surface area contributed by atoms with Crippen molar-refractivity contribution in [3.63, 3.8) is 0 Å². The predicted octanol–water partition coefficient (Wildman–Crippen LogP) is 1.09. The molecule has 2 aromatic carbocycles. The van der Waals surface area contributed by atoms with Crippen molar-refractivity contribution < 1.29 is 31.0 Å². The summed E-state index contributed by atoms with van der Waals surface area (Å²) >= 11 is 0. The summed E-state index contributed by atoms with van der Waals surface area (Å²) in [6, 6.07) is 20.8. The number of rotatable bonds is 4. The van der Waals surface area contributed by atoms with Gasteiger partial charge >= 0.3 is 5.97 Å². The molecule has 0 spiro atoms. The molecule has 0 amide bonds. The van der Waals surface area contributed by atoms with E-state index in [2.05, 4.69) is 26.2 Å². The Balaban J connectivity index is 0.00000225. The topological polar surface area (TPSA) is 26.3 Å². The minimum absolute atomic E-state index is 0. The molecule has 0 aromatic heterocycles. The van der Waals surface area contributed by atoms with Crippen molar-refractivity contribution in [3.05, 3.63) is 83.9 Å². The number of nitrogens with zero attached hydrogens (tertiary/aromatic N) is 1. The summed E-state index contributed by atoms with van der Waals surface area (Å²) in [5, 5.41) is 0. The van der Waals surface area contributed by atoms with Crippen LogP contribution >= 0.6 is 0 Å². The normalized spacial score (nSPS) is 25.0. The number of esters is 1. The molecule has 3 nitrogen and oxygen atoms in total. The first kappa shape index (κ1) is 20.8. The molecule has 28 heavy (non-hydrogen) atoms. The van der Waals surface area contributed by atoms with Gasteiger partial charge in [0.1, 0.15) is 23.6 Å². The molecule has 0 aliphatic carbocycles. The van der Waals surface area contributed by atoms with Crippen LogP contribution in [-0.2, 0) is 14.9 Å². The molecule has 1 fully saturated rings. The van der Waals surface area contributed by atoms with Crippen molar-refractivity contribution >= 4 is 5.97 Å². The average Bonchev–Trinajstić information content (AvgIpc) is 2.86. The number of fused-ring (bicyclic) bond motifs is 2. The minimum Gasteiger partial charge on any atom is -1.00 e. The third-order valence-electron chi connectivity index (χ3n) is 6.66. The second-order valence-electron chi connectivity index (χ2n) is 8.50. The Bertz CT molecular complexity index is 790. The van der Waals surface area contributed by atoms with Crippen LogP contribution in [0.1, 0.15) is 30.9 Å². The molecular formula is C24H28BrNO2. The van der Waals surface area contributed by atoms with Gasteiger partial charge in [0.15, 0.2) is 0 Å². The summed E-state index contributed by atoms with van der Waals surface area (Å²) in [4.78, 5) is 13.5. The first-order valence-electron chi connectivity index (χ1n) is 9.76. The number of piperidine rings is 1. The summed E-state index contributed by atoms with van der Waals surface area (Å²) in [5.41, 5.74) is 1.13. The smallest absolute Gasteiger partial charge is 0.321 e. The zero-order valence-corrected chi connectivity index (χ0v) is 18.3. The van der Waals surface area contributed by atoms with Gasteiger partial charge in [0.2, 0.25) is 0 Å². The van der Waals surface area contributed by atoms with Crippen LogP contribution in [0.5, 0.6) is 0 Å². The van der Waals surface area contributed by atoms with Gasteiger partial charge < -0.3 is 26.2 Å². The van der Waals surface area contributed by atoms with Crippen molar-refractivity contribution in [1.82, 2.24) is 0 Å². The maximum absolute atomic E-state index is 13.5. The average molecular weight is 442 g/mol. The van der Waals surface area contributed by atoms with E-state index in [9.17, 15) is 4.79 Å². The summed E-state index contributed by atoms with van der Waals surface area (Å²) in [6.07, 6.45) is 6.36. The maximum atomic E-state index is 13.5. The SMILES string of the molecule is CC(C(=O)OC1C[C@H]2C=C[C@@H](C1)[N+]2(C)C)(c1ccccc1)c1ccccc1.[Br-]. The van der Waals surface area contributed by atoms with Crippen LogP contribution in [0.15, 0.2) is 72.8 Å². The summed E-state index contributed by atoms with van der Waals surface area (Å²) in [6.45, 7) is 1.98. The Hall–Kier alpha value is -1.91. The summed E-state index contributed by atoms with van der Waals surface area (Å²) in [5.74, 6) is -0.156. The molecular weight excluding hydrogens is 414 g/mol. The monoisotopic (exact) mass is 441 g/mol. The van der Waals surface area contributed by atoms with Crippen LogP contribution in [-0.4, -0.2) is 42.7 Å². The van der Waals surface area contributed by atoms with Crippen molar-refractivity contribution in [2.45, 2.75) is 43.4 Å². The Morgan fingerprint density at radius 1 is 0.893 bits per heavy atom. The molecule has 2 bridgehead atoms. The lowest BCUT2D eigenvalue weighted by Gasteiger charge is -2.44. The van der Waals surface area contributed by atoms with Gasteiger partial charge in [0.05, 0.1) is 14.1 Å². The van der Waals surface area contributed by atoms with E-state index < -0.39 is 5.41 Å². The van der Waals surface area contributed by atoms with Gasteiger partial charge in [-0.15, -0.1) is 0 Å². The van der Waals surface area contributed by atoms with E-state index in [0.717, 1.165) is 28.5 Å². The minimum atomic E-state index is -0.809. The van der Waals surface area contributed by atoms with E-state index in [0.29, 0.717) is 12.1 Å². The molecule has 2 aromatic rings. The van der Waals surface area contributed by atoms with Crippen LogP contribution in [0.2, 0.25) is 0 Å². The van der Waals surface area contributed by atoms with E-state index in [4.69, 9.17) is 4.74 Å². The van der Waals surface area contributed by atoms with E-state index >= 15 is 0 Å². The van der Waals surface area contributed by atoms with Gasteiger partial charge in [-0.1, -0.05) is 60.7 Å². The molecule has 2 aliphatic rings. The Morgan fingerprint density at radius 3 is 1.75 bits per heavy atom. The number of carbonyl (C=O) groups excluding carboxylic acids is 1. The third kappa shape index (κ3) is 3.44. The van der Waals surface area contributed by atoms with Crippen LogP contribution in [0.4, 0.5) is 0 Å². The molecule has 0 saturated carbocycles. The van der Waals surface area contributed by atoms with Crippen molar-refractivity contribution in [3.8, 4) is 0 Å². The van der Waals surface area contributed by atoms with Crippen molar-refractivity contribution in [2.24, 2.45) is 0 Å². The zero-order chi connectivity index (χ0) is 19.1. The number of hydrogen-bond acceptors (Lipinski definition) is 2. The first-order chi connectivity index (χ1) is 12.9. The molecule has 0 N–H and O–H groups in total. The molecule has 148 valence electrons. The van der Waals surface area contributed by atoms with E-state index in [-0.39, 0.29) is 29.1 Å². The lowest BCUT2D eigenvalue weighted by molar-refractivity contribution is -0.926. The van der Waals surface area contributed by atoms with Gasteiger partial charge in [-0.3, -0.25) is 4.79 Å². The number of quaternary nitrogens is 1. The lowest BCUT2D eigenvalue weighted by Crippen LogP contribution is -3.00. The van der Waals surface area contributed by atoms with Crippen molar-refractivity contribution in [1.29, 1.82) is 0 Å². The van der Waals surface area contributed by atoms with Crippen LogP contribution < -0.4 is 17.0 Å². The quantitative estimate of drug-likeness (QED) is 0.403. The number of hydrogen-bond donors (Lipinski definition) is 0. The van der Waals surface area contributed by atoms with Gasteiger partial charge in [-0.25, -0.2) is 0 Å². The van der Waals surface area contributed by atoms with Crippen LogP contribution in [0.3, 0.4) is 0 Å². The molecule has 4 rings (SSSR count). The van der Waals surface area contributed by atoms with Gasteiger partial charge in [0.25, 0.3) is 0 Å². The van der Waals surface area contributed by atoms with Crippen LogP contribution in [0, 0.1) is 0 Å². The molecule has 1 unspecified atom stereocenters. The highest BCUT2D eigenvalue weighted by atomic mass is 79.9. The fraction of sp³-hybridized carbons (Fsp3) is 0.375. The first-order valence-corrected chi connectivity index (χ1v) is 9.76. The Morgan fingerprint density at radius 2 is 1.32 bits per heavy atom. The van der Waals surface area contributed by atoms with E-state index in [1.54, 1.807) is 0 Å². The molecule has 1 saturated heterocycles. The van der Waals surface area contributed by atoms with Gasteiger partial charge in [0, 0.05) is 12.8 Å². The predicted molar refractivity (Wildman–Crippen MR) is 107 cm³/mol. The largest absolute Gasteiger partial charge is 1.00 e.